The molecule has 1 amide bonds. The number of non-ortho nitro benzene ring substituents is 1. The van der Waals surface area contributed by atoms with E-state index in [1.54, 1.807) is 24.3 Å². The van der Waals surface area contributed by atoms with Gasteiger partial charge in [0.2, 0.25) is 5.89 Å². The van der Waals surface area contributed by atoms with Crippen LogP contribution in [0.5, 0.6) is 0 Å². The largest absolute Gasteiger partial charge is 0.436 e. The molecular formula is C27H25N5O5S. The third-order valence-corrected chi connectivity index (χ3v) is 6.47. The lowest BCUT2D eigenvalue weighted by atomic mass is 10.1. The van der Waals surface area contributed by atoms with Gasteiger partial charge in [-0.05, 0) is 60.6 Å². The number of amides is 1. The Hall–Kier alpha value is -4.35. The molecule has 4 aromatic rings. The summed E-state index contributed by atoms with van der Waals surface area (Å²) in [5.74, 6) is -0.0370. The lowest BCUT2D eigenvalue weighted by Crippen LogP contribution is -2.39. The van der Waals surface area contributed by atoms with E-state index < -0.39 is 10.8 Å². The van der Waals surface area contributed by atoms with Gasteiger partial charge in [-0.1, -0.05) is 19.1 Å². The van der Waals surface area contributed by atoms with Gasteiger partial charge in [0.25, 0.3) is 11.6 Å². The summed E-state index contributed by atoms with van der Waals surface area (Å²) in [6, 6.07) is 17.6. The number of benzene rings is 3. The molecular weight excluding hydrogens is 506 g/mol. The average Bonchev–Trinajstić information content (AvgIpc) is 3.36. The van der Waals surface area contributed by atoms with Gasteiger partial charge in [-0.15, -0.1) is 0 Å². The number of nitro groups is 1. The molecule has 194 valence electrons. The first-order valence-electron chi connectivity index (χ1n) is 12.1. The van der Waals surface area contributed by atoms with Gasteiger partial charge >= 0.3 is 0 Å². The number of hydrogen-bond donors (Lipinski definition) is 2. The Balaban J connectivity index is 1.32. The van der Waals surface area contributed by atoms with Crippen molar-refractivity contribution in [1.29, 1.82) is 0 Å². The number of hydrogen-bond acceptors (Lipinski definition) is 8. The number of fused-ring (bicyclic) bond motifs is 1. The molecule has 0 spiro atoms. The van der Waals surface area contributed by atoms with Crippen molar-refractivity contribution in [2.45, 2.75) is 13.3 Å². The standard InChI is InChI=1S/C27H25N5O5S/c1-2-17-3-5-18(6-4-17)26-29-22-15-19(7-10-24(22)37-26)28-27(38)30-25(33)21-16-20(32(34)35)8-9-23(21)31-11-13-36-14-12-31/h3-10,15-16H,2,11-14H2,1H3,(H2,28,30,33,38). The first kappa shape index (κ1) is 25.3. The molecule has 2 heterocycles. The summed E-state index contributed by atoms with van der Waals surface area (Å²) in [7, 11) is 0. The summed E-state index contributed by atoms with van der Waals surface area (Å²) in [5, 5.41) is 17.0. The maximum Gasteiger partial charge on any atom is 0.270 e. The van der Waals surface area contributed by atoms with E-state index in [0.717, 1.165) is 12.0 Å². The van der Waals surface area contributed by atoms with Gasteiger partial charge in [-0.2, -0.15) is 0 Å². The van der Waals surface area contributed by atoms with Crippen LogP contribution in [0.15, 0.2) is 65.1 Å². The Kier molecular flexibility index (Phi) is 7.29. The Morgan fingerprint density at radius 2 is 1.87 bits per heavy atom. The highest BCUT2D eigenvalue weighted by molar-refractivity contribution is 7.80. The van der Waals surface area contributed by atoms with Crippen molar-refractivity contribution in [2.75, 3.05) is 36.5 Å². The molecule has 1 fully saturated rings. The number of morpholine rings is 1. The molecule has 1 aliphatic heterocycles. The van der Waals surface area contributed by atoms with Gasteiger partial charge in [-0.25, -0.2) is 4.98 Å². The third kappa shape index (κ3) is 5.48. The van der Waals surface area contributed by atoms with E-state index in [9.17, 15) is 14.9 Å². The minimum Gasteiger partial charge on any atom is -0.436 e. The summed E-state index contributed by atoms with van der Waals surface area (Å²) in [5.41, 5.74) is 4.54. The molecule has 0 atom stereocenters. The maximum atomic E-state index is 13.2. The Morgan fingerprint density at radius 1 is 1.11 bits per heavy atom. The maximum absolute atomic E-state index is 13.2. The smallest absolute Gasteiger partial charge is 0.270 e. The topological polar surface area (TPSA) is 123 Å². The number of carbonyl (C=O) groups is 1. The monoisotopic (exact) mass is 531 g/mol. The number of aromatic nitrogens is 1. The zero-order valence-corrected chi connectivity index (χ0v) is 21.4. The molecule has 38 heavy (non-hydrogen) atoms. The van der Waals surface area contributed by atoms with E-state index in [1.165, 1.54) is 17.7 Å². The predicted molar refractivity (Wildman–Crippen MR) is 149 cm³/mol. The Bertz CT molecular complexity index is 1510. The van der Waals surface area contributed by atoms with Crippen molar-refractivity contribution in [3.63, 3.8) is 0 Å². The van der Waals surface area contributed by atoms with E-state index in [4.69, 9.17) is 21.4 Å². The minimum absolute atomic E-state index is 0.0488. The number of rotatable bonds is 6. The van der Waals surface area contributed by atoms with Crippen molar-refractivity contribution in [2.24, 2.45) is 0 Å². The number of nitrogens with zero attached hydrogens (tertiary/aromatic N) is 3. The van der Waals surface area contributed by atoms with Gasteiger partial charge in [0.05, 0.1) is 29.4 Å². The number of nitro benzene ring substituents is 1. The number of carbonyl (C=O) groups excluding carboxylic acids is 1. The number of aryl methyl sites for hydroxylation is 1. The van der Waals surface area contributed by atoms with Crippen LogP contribution in [0.4, 0.5) is 17.1 Å². The van der Waals surface area contributed by atoms with Crippen molar-refractivity contribution in [3.8, 4) is 11.5 Å². The van der Waals surface area contributed by atoms with Crippen molar-refractivity contribution < 1.29 is 18.9 Å². The molecule has 10 nitrogen and oxygen atoms in total. The molecule has 1 saturated heterocycles. The van der Waals surface area contributed by atoms with Crippen LogP contribution in [0, 0.1) is 10.1 Å². The van der Waals surface area contributed by atoms with Gasteiger partial charge < -0.3 is 19.4 Å². The SMILES string of the molecule is CCc1ccc(-c2nc3cc(NC(=S)NC(=O)c4cc([N+](=O)[O-])ccc4N4CCOCC4)ccc3o2)cc1. The van der Waals surface area contributed by atoms with Gasteiger partial charge in [-0.3, -0.25) is 20.2 Å². The fraction of sp³-hybridized carbons (Fsp3) is 0.222. The number of oxazole rings is 1. The van der Waals surface area contributed by atoms with Gasteiger partial charge in [0, 0.05) is 36.5 Å². The second kappa shape index (κ2) is 11.0. The number of ether oxygens (including phenoxy) is 1. The first-order chi connectivity index (χ1) is 18.4. The van der Waals surface area contributed by atoms with E-state index in [1.807, 2.05) is 29.2 Å². The zero-order valence-electron chi connectivity index (χ0n) is 20.6. The molecule has 0 radical (unpaired) electrons. The molecule has 1 aromatic heterocycles. The van der Waals surface area contributed by atoms with Crippen molar-refractivity contribution in [1.82, 2.24) is 10.3 Å². The summed E-state index contributed by atoms with van der Waals surface area (Å²) in [6.07, 6.45) is 0.953. The van der Waals surface area contributed by atoms with Crippen LogP contribution in [0.1, 0.15) is 22.8 Å². The predicted octanol–water partition coefficient (Wildman–Crippen LogP) is 4.93. The molecule has 2 N–H and O–H groups in total. The highest BCUT2D eigenvalue weighted by Crippen LogP contribution is 2.28. The molecule has 0 saturated carbocycles. The summed E-state index contributed by atoms with van der Waals surface area (Å²) >= 11 is 5.37. The van der Waals surface area contributed by atoms with Crippen LogP contribution >= 0.6 is 12.2 Å². The van der Waals surface area contributed by atoms with Crippen LogP contribution in [0.3, 0.4) is 0 Å². The normalized spacial score (nSPS) is 13.3. The molecule has 0 unspecified atom stereocenters. The molecule has 0 aliphatic carbocycles. The fourth-order valence-electron chi connectivity index (χ4n) is 4.24. The average molecular weight is 532 g/mol. The number of anilines is 2. The molecule has 5 rings (SSSR count). The summed E-state index contributed by atoms with van der Waals surface area (Å²) < 4.78 is 11.3. The lowest BCUT2D eigenvalue weighted by molar-refractivity contribution is -0.384. The van der Waals surface area contributed by atoms with Crippen LogP contribution in [-0.2, 0) is 11.2 Å². The molecule has 3 aromatic carbocycles. The van der Waals surface area contributed by atoms with Crippen LogP contribution in [0.2, 0.25) is 0 Å². The second-order valence-electron chi connectivity index (χ2n) is 8.72. The van der Waals surface area contributed by atoms with Gasteiger partial charge in [0.15, 0.2) is 10.7 Å². The van der Waals surface area contributed by atoms with Crippen molar-refractivity contribution in [3.05, 3.63) is 81.9 Å². The van der Waals surface area contributed by atoms with E-state index >= 15 is 0 Å². The van der Waals surface area contributed by atoms with Crippen LogP contribution in [-0.4, -0.2) is 47.2 Å². The van der Waals surface area contributed by atoms with E-state index in [0.29, 0.717) is 54.7 Å². The first-order valence-corrected chi connectivity index (χ1v) is 12.6. The van der Waals surface area contributed by atoms with Gasteiger partial charge in [0.1, 0.15) is 5.52 Å². The van der Waals surface area contributed by atoms with Crippen LogP contribution in [0.25, 0.3) is 22.6 Å². The third-order valence-electron chi connectivity index (χ3n) is 6.27. The lowest BCUT2D eigenvalue weighted by Gasteiger charge is -2.30. The summed E-state index contributed by atoms with van der Waals surface area (Å²) in [6.45, 7) is 4.26. The number of nitrogens with one attached hydrogen (secondary N) is 2. The molecule has 1 aliphatic rings. The molecule has 11 heteroatoms. The van der Waals surface area contributed by atoms with E-state index in [2.05, 4.69) is 22.5 Å². The number of thiocarbonyl (C=S) groups is 1. The van der Waals surface area contributed by atoms with E-state index in [-0.39, 0.29) is 16.4 Å². The second-order valence-corrected chi connectivity index (χ2v) is 9.13. The Morgan fingerprint density at radius 3 is 2.58 bits per heavy atom. The highest BCUT2D eigenvalue weighted by Gasteiger charge is 2.23. The summed E-state index contributed by atoms with van der Waals surface area (Å²) in [4.78, 5) is 30.5. The zero-order chi connectivity index (χ0) is 26.6. The quantitative estimate of drug-likeness (QED) is 0.203. The highest BCUT2D eigenvalue weighted by atomic mass is 32.1. The minimum atomic E-state index is -0.548. The Labute approximate surface area is 223 Å². The molecule has 0 bridgehead atoms. The van der Waals surface area contributed by atoms with Crippen molar-refractivity contribution >= 4 is 51.4 Å². The fourth-order valence-corrected chi connectivity index (χ4v) is 4.45. The van der Waals surface area contributed by atoms with Crippen LogP contribution < -0.4 is 15.5 Å².